The Kier molecular flexibility index (Phi) is 2.11. The van der Waals surface area contributed by atoms with E-state index in [1.54, 1.807) is 0 Å². The molecule has 0 amide bonds. The average molecular weight is 163 g/mol. The van der Waals surface area contributed by atoms with Crippen molar-refractivity contribution < 1.29 is 5.21 Å². The van der Waals surface area contributed by atoms with Crippen molar-refractivity contribution >= 4 is 0 Å². The van der Waals surface area contributed by atoms with Gasteiger partial charge in [0.05, 0.1) is 0 Å². The number of benzene rings is 1. The Morgan fingerprint density at radius 3 is 2.75 bits per heavy atom. The fourth-order valence-corrected chi connectivity index (χ4v) is 1.68. The Bertz CT molecular complexity index is 272. The SMILES string of the molecule is ON1CCCc2ccccc2C1. The van der Waals surface area contributed by atoms with Gasteiger partial charge in [0, 0.05) is 13.1 Å². The van der Waals surface area contributed by atoms with Crippen LogP contribution in [0.3, 0.4) is 0 Å². The summed E-state index contributed by atoms with van der Waals surface area (Å²) in [6.07, 6.45) is 2.14. The summed E-state index contributed by atoms with van der Waals surface area (Å²) in [7, 11) is 0. The Hall–Kier alpha value is -0.860. The molecule has 1 aliphatic rings. The van der Waals surface area contributed by atoms with Crippen LogP contribution in [0.2, 0.25) is 0 Å². The highest BCUT2D eigenvalue weighted by atomic mass is 16.5. The average Bonchev–Trinajstić information content (AvgIpc) is 2.25. The molecule has 2 rings (SSSR count). The monoisotopic (exact) mass is 163 g/mol. The third-order valence-corrected chi connectivity index (χ3v) is 2.33. The van der Waals surface area contributed by atoms with E-state index in [0.29, 0.717) is 6.54 Å². The second-order valence-electron chi connectivity index (χ2n) is 3.26. The lowest BCUT2D eigenvalue weighted by molar-refractivity contribution is -0.0977. The smallest absolute Gasteiger partial charge is 0.0491 e. The summed E-state index contributed by atoms with van der Waals surface area (Å²) < 4.78 is 0. The van der Waals surface area contributed by atoms with E-state index in [1.165, 1.54) is 16.2 Å². The quantitative estimate of drug-likeness (QED) is 0.630. The fourth-order valence-electron chi connectivity index (χ4n) is 1.68. The lowest BCUT2D eigenvalue weighted by Gasteiger charge is -2.10. The van der Waals surface area contributed by atoms with Gasteiger partial charge in [-0.15, -0.1) is 0 Å². The first-order valence-corrected chi connectivity index (χ1v) is 4.37. The van der Waals surface area contributed by atoms with Crippen LogP contribution in [-0.4, -0.2) is 16.8 Å². The van der Waals surface area contributed by atoms with Crippen LogP contribution in [0.25, 0.3) is 0 Å². The highest BCUT2D eigenvalue weighted by molar-refractivity contribution is 5.27. The summed E-state index contributed by atoms with van der Waals surface area (Å²) in [5, 5.41) is 10.8. The number of rotatable bonds is 0. The van der Waals surface area contributed by atoms with Crippen LogP contribution in [-0.2, 0) is 13.0 Å². The summed E-state index contributed by atoms with van der Waals surface area (Å²) in [6.45, 7) is 1.46. The number of fused-ring (bicyclic) bond motifs is 1. The predicted molar refractivity (Wildman–Crippen MR) is 47.0 cm³/mol. The number of hydrogen-bond donors (Lipinski definition) is 1. The van der Waals surface area contributed by atoms with Crippen molar-refractivity contribution in [1.82, 2.24) is 5.06 Å². The van der Waals surface area contributed by atoms with Crippen molar-refractivity contribution in [1.29, 1.82) is 0 Å². The summed E-state index contributed by atoms with van der Waals surface area (Å²) in [5.74, 6) is 0. The van der Waals surface area contributed by atoms with E-state index in [2.05, 4.69) is 18.2 Å². The second kappa shape index (κ2) is 3.25. The number of hydroxylamine groups is 2. The summed E-state index contributed by atoms with van der Waals surface area (Å²) >= 11 is 0. The molecular formula is C10H13NO. The molecule has 0 radical (unpaired) electrons. The third-order valence-electron chi connectivity index (χ3n) is 2.33. The van der Waals surface area contributed by atoms with Gasteiger partial charge >= 0.3 is 0 Å². The van der Waals surface area contributed by atoms with Gasteiger partial charge in [-0.2, -0.15) is 5.06 Å². The molecule has 1 heterocycles. The van der Waals surface area contributed by atoms with Crippen molar-refractivity contribution in [2.45, 2.75) is 19.4 Å². The number of nitrogens with zero attached hydrogens (tertiary/aromatic N) is 1. The van der Waals surface area contributed by atoms with Gasteiger partial charge in [0.2, 0.25) is 0 Å². The molecule has 0 fully saturated rings. The van der Waals surface area contributed by atoms with Gasteiger partial charge < -0.3 is 5.21 Å². The van der Waals surface area contributed by atoms with Gasteiger partial charge in [-0.25, -0.2) is 0 Å². The standard InChI is InChI=1S/C10H13NO/c12-11-7-3-6-9-4-1-2-5-10(9)8-11/h1-2,4-5,12H,3,6-8H2. The topological polar surface area (TPSA) is 23.5 Å². The lowest BCUT2D eigenvalue weighted by atomic mass is 10.0. The first kappa shape index (κ1) is 7.77. The molecule has 1 aliphatic heterocycles. The maximum Gasteiger partial charge on any atom is 0.0491 e. The zero-order valence-corrected chi connectivity index (χ0v) is 7.03. The molecule has 64 valence electrons. The number of aryl methyl sites for hydroxylation is 1. The summed E-state index contributed by atoms with van der Waals surface area (Å²) in [5.41, 5.74) is 2.64. The highest BCUT2D eigenvalue weighted by Gasteiger charge is 2.10. The molecule has 2 heteroatoms. The maximum atomic E-state index is 9.37. The second-order valence-corrected chi connectivity index (χ2v) is 3.26. The van der Waals surface area contributed by atoms with Gasteiger partial charge in [0.15, 0.2) is 0 Å². The molecule has 12 heavy (non-hydrogen) atoms. The summed E-state index contributed by atoms with van der Waals surface area (Å²) in [4.78, 5) is 0. The van der Waals surface area contributed by atoms with Crippen LogP contribution in [0.15, 0.2) is 24.3 Å². The van der Waals surface area contributed by atoms with Crippen molar-refractivity contribution in [2.24, 2.45) is 0 Å². The predicted octanol–water partition coefficient (Wildman–Crippen LogP) is 1.82. The van der Waals surface area contributed by atoms with E-state index in [-0.39, 0.29) is 0 Å². The maximum absolute atomic E-state index is 9.37. The van der Waals surface area contributed by atoms with Crippen LogP contribution < -0.4 is 0 Å². The van der Waals surface area contributed by atoms with E-state index in [1.807, 2.05) is 6.07 Å². The molecule has 1 aromatic rings. The van der Waals surface area contributed by atoms with Gasteiger partial charge in [0.1, 0.15) is 0 Å². The Balaban J connectivity index is 2.31. The fraction of sp³-hybridized carbons (Fsp3) is 0.400. The van der Waals surface area contributed by atoms with Crippen LogP contribution in [0.4, 0.5) is 0 Å². The lowest BCUT2D eigenvalue weighted by Crippen LogP contribution is -2.17. The van der Waals surface area contributed by atoms with Gasteiger partial charge in [-0.3, -0.25) is 0 Å². The van der Waals surface area contributed by atoms with Gasteiger partial charge in [-0.05, 0) is 24.0 Å². The number of hydrogen-bond acceptors (Lipinski definition) is 2. The highest BCUT2D eigenvalue weighted by Crippen LogP contribution is 2.16. The van der Waals surface area contributed by atoms with E-state index in [9.17, 15) is 5.21 Å². The molecule has 1 aromatic carbocycles. The molecule has 0 aromatic heterocycles. The van der Waals surface area contributed by atoms with E-state index >= 15 is 0 Å². The first-order chi connectivity index (χ1) is 5.86. The van der Waals surface area contributed by atoms with Gasteiger partial charge in [-0.1, -0.05) is 24.3 Å². The van der Waals surface area contributed by atoms with Crippen LogP contribution in [0, 0.1) is 0 Å². The largest absolute Gasteiger partial charge is 0.314 e. The molecule has 0 spiro atoms. The van der Waals surface area contributed by atoms with Gasteiger partial charge in [0.25, 0.3) is 0 Å². The molecule has 1 N–H and O–H groups in total. The van der Waals surface area contributed by atoms with Crippen LogP contribution in [0.5, 0.6) is 0 Å². The van der Waals surface area contributed by atoms with Crippen LogP contribution in [0.1, 0.15) is 17.5 Å². The van der Waals surface area contributed by atoms with E-state index in [0.717, 1.165) is 19.4 Å². The minimum Gasteiger partial charge on any atom is -0.314 e. The van der Waals surface area contributed by atoms with Crippen molar-refractivity contribution in [3.63, 3.8) is 0 Å². The Labute approximate surface area is 72.4 Å². The molecule has 0 saturated carbocycles. The normalized spacial score (nSPS) is 18.4. The van der Waals surface area contributed by atoms with Crippen molar-refractivity contribution in [3.8, 4) is 0 Å². The minimum atomic E-state index is 0.677. The van der Waals surface area contributed by atoms with Crippen molar-refractivity contribution in [3.05, 3.63) is 35.4 Å². The van der Waals surface area contributed by atoms with Crippen molar-refractivity contribution in [2.75, 3.05) is 6.54 Å². The molecular weight excluding hydrogens is 150 g/mol. The van der Waals surface area contributed by atoms with Crippen LogP contribution >= 0.6 is 0 Å². The summed E-state index contributed by atoms with van der Waals surface area (Å²) in [6, 6.07) is 8.32. The Morgan fingerprint density at radius 1 is 1.17 bits per heavy atom. The molecule has 0 unspecified atom stereocenters. The molecule has 0 bridgehead atoms. The zero-order valence-electron chi connectivity index (χ0n) is 7.03. The minimum absolute atomic E-state index is 0.677. The third kappa shape index (κ3) is 1.49. The molecule has 0 aliphatic carbocycles. The molecule has 0 atom stereocenters. The Morgan fingerprint density at radius 2 is 1.92 bits per heavy atom. The first-order valence-electron chi connectivity index (χ1n) is 4.37. The molecule has 2 nitrogen and oxygen atoms in total. The van der Waals surface area contributed by atoms with E-state index < -0.39 is 0 Å². The zero-order chi connectivity index (χ0) is 8.39. The molecule has 0 saturated heterocycles. The van der Waals surface area contributed by atoms with E-state index in [4.69, 9.17) is 0 Å².